The van der Waals surface area contributed by atoms with E-state index < -0.39 is 0 Å². The lowest BCUT2D eigenvalue weighted by Gasteiger charge is -2.27. The van der Waals surface area contributed by atoms with Crippen LogP contribution in [0.15, 0.2) is 24.3 Å². The van der Waals surface area contributed by atoms with Gasteiger partial charge in [-0.15, -0.1) is 0 Å². The molecule has 0 aliphatic heterocycles. The molecule has 19 heavy (non-hydrogen) atoms. The van der Waals surface area contributed by atoms with Crippen LogP contribution in [0.25, 0.3) is 0 Å². The van der Waals surface area contributed by atoms with Gasteiger partial charge in [0.1, 0.15) is 0 Å². The Morgan fingerprint density at radius 2 is 2.11 bits per heavy atom. The molecule has 0 bridgehead atoms. The van der Waals surface area contributed by atoms with Crippen molar-refractivity contribution in [3.8, 4) is 0 Å². The van der Waals surface area contributed by atoms with Crippen molar-refractivity contribution in [3.63, 3.8) is 0 Å². The van der Waals surface area contributed by atoms with Gasteiger partial charge in [0, 0.05) is 6.04 Å². The van der Waals surface area contributed by atoms with E-state index in [0.29, 0.717) is 12.0 Å². The minimum absolute atomic E-state index is 0.0628. The molecule has 1 aliphatic carbocycles. The summed E-state index contributed by atoms with van der Waals surface area (Å²) in [5, 5.41) is 13.3. The first-order valence-corrected chi connectivity index (χ1v) is 7.61. The van der Waals surface area contributed by atoms with Crippen molar-refractivity contribution in [1.82, 2.24) is 5.32 Å². The maximum absolute atomic E-state index is 9.69. The molecule has 0 saturated heterocycles. The van der Waals surface area contributed by atoms with Gasteiger partial charge in [0.25, 0.3) is 0 Å². The van der Waals surface area contributed by atoms with Gasteiger partial charge in [0.2, 0.25) is 0 Å². The Bertz CT molecular complexity index is 391. The van der Waals surface area contributed by atoms with Gasteiger partial charge in [-0.25, -0.2) is 0 Å². The molecule has 2 nitrogen and oxygen atoms in total. The number of hydrogen-bond acceptors (Lipinski definition) is 2. The van der Waals surface area contributed by atoms with Crippen molar-refractivity contribution < 1.29 is 5.11 Å². The van der Waals surface area contributed by atoms with E-state index in [-0.39, 0.29) is 6.10 Å². The van der Waals surface area contributed by atoms with E-state index in [1.54, 1.807) is 0 Å². The van der Waals surface area contributed by atoms with E-state index in [9.17, 15) is 5.11 Å². The normalized spacial score (nSPS) is 25.2. The van der Waals surface area contributed by atoms with Crippen LogP contribution in [-0.2, 0) is 6.42 Å². The van der Waals surface area contributed by atoms with E-state index in [4.69, 9.17) is 0 Å². The molecule has 0 radical (unpaired) electrons. The van der Waals surface area contributed by atoms with Gasteiger partial charge in [-0.1, -0.05) is 30.7 Å². The third-order valence-corrected chi connectivity index (χ3v) is 4.30. The lowest BCUT2D eigenvalue weighted by Crippen LogP contribution is -2.35. The molecule has 0 unspecified atom stereocenters. The summed E-state index contributed by atoms with van der Waals surface area (Å²) < 4.78 is 0. The van der Waals surface area contributed by atoms with Gasteiger partial charge >= 0.3 is 0 Å². The molecule has 2 N–H and O–H groups in total. The van der Waals surface area contributed by atoms with Gasteiger partial charge in [0.15, 0.2) is 0 Å². The Hall–Kier alpha value is -0.860. The van der Waals surface area contributed by atoms with Gasteiger partial charge < -0.3 is 10.4 Å². The summed E-state index contributed by atoms with van der Waals surface area (Å²) in [6.45, 7) is 5.48. The van der Waals surface area contributed by atoms with E-state index in [1.807, 2.05) is 0 Å². The SMILES string of the molecule is Cc1ccccc1C[C@H](C)NC[C@H]1CCC[C@@H](O)C1. The first-order valence-electron chi connectivity index (χ1n) is 7.61. The van der Waals surface area contributed by atoms with Crippen LogP contribution >= 0.6 is 0 Å². The van der Waals surface area contributed by atoms with Crippen molar-refractivity contribution in [2.45, 2.75) is 58.1 Å². The molecule has 2 heteroatoms. The highest BCUT2D eigenvalue weighted by atomic mass is 16.3. The summed E-state index contributed by atoms with van der Waals surface area (Å²) in [4.78, 5) is 0. The topological polar surface area (TPSA) is 32.3 Å². The van der Waals surface area contributed by atoms with Gasteiger partial charge in [-0.05, 0) is 63.1 Å². The molecule has 0 aromatic heterocycles. The van der Waals surface area contributed by atoms with Crippen LogP contribution in [0.5, 0.6) is 0 Å². The summed E-state index contributed by atoms with van der Waals surface area (Å²) in [7, 11) is 0. The number of rotatable bonds is 5. The standard InChI is InChI=1S/C17H27NO/c1-13-6-3-4-8-16(13)10-14(2)18-12-15-7-5-9-17(19)11-15/h3-4,6,8,14-15,17-19H,5,7,9-12H2,1-2H3/t14-,15-,17+/m0/s1. The molecule has 0 heterocycles. The highest BCUT2D eigenvalue weighted by Gasteiger charge is 2.20. The highest BCUT2D eigenvalue weighted by Crippen LogP contribution is 2.23. The average Bonchev–Trinajstić information content (AvgIpc) is 2.39. The number of aryl methyl sites for hydroxylation is 1. The second-order valence-corrected chi connectivity index (χ2v) is 6.13. The maximum Gasteiger partial charge on any atom is 0.0543 e. The fraction of sp³-hybridized carbons (Fsp3) is 0.647. The van der Waals surface area contributed by atoms with Crippen LogP contribution in [0.2, 0.25) is 0 Å². The molecule has 1 saturated carbocycles. The number of nitrogens with one attached hydrogen (secondary N) is 1. The maximum atomic E-state index is 9.69. The largest absolute Gasteiger partial charge is 0.393 e. The van der Waals surface area contributed by atoms with Crippen LogP contribution in [0.3, 0.4) is 0 Å². The van der Waals surface area contributed by atoms with Crippen LogP contribution in [0, 0.1) is 12.8 Å². The second-order valence-electron chi connectivity index (χ2n) is 6.13. The molecule has 1 aliphatic rings. The third-order valence-electron chi connectivity index (χ3n) is 4.30. The van der Waals surface area contributed by atoms with E-state index in [0.717, 1.165) is 25.8 Å². The molecule has 0 amide bonds. The smallest absolute Gasteiger partial charge is 0.0543 e. The fourth-order valence-corrected chi connectivity index (χ4v) is 3.06. The molecular weight excluding hydrogens is 234 g/mol. The Balaban J connectivity index is 1.75. The van der Waals surface area contributed by atoms with Gasteiger partial charge in [0.05, 0.1) is 6.10 Å². The van der Waals surface area contributed by atoms with E-state index in [2.05, 4.69) is 43.4 Å². The fourth-order valence-electron chi connectivity index (χ4n) is 3.06. The van der Waals surface area contributed by atoms with Crippen LogP contribution in [0.1, 0.15) is 43.7 Å². The van der Waals surface area contributed by atoms with Crippen LogP contribution < -0.4 is 5.32 Å². The molecule has 1 fully saturated rings. The third kappa shape index (κ3) is 4.63. The minimum Gasteiger partial charge on any atom is -0.393 e. The number of hydrogen-bond donors (Lipinski definition) is 2. The number of aliphatic hydroxyl groups is 1. The highest BCUT2D eigenvalue weighted by molar-refractivity contribution is 5.26. The van der Waals surface area contributed by atoms with Gasteiger partial charge in [-0.3, -0.25) is 0 Å². The molecule has 1 aromatic rings. The first-order chi connectivity index (χ1) is 9.15. The summed E-state index contributed by atoms with van der Waals surface area (Å²) in [5.41, 5.74) is 2.82. The molecule has 106 valence electrons. The lowest BCUT2D eigenvalue weighted by molar-refractivity contribution is 0.0998. The molecule has 1 aromatic carbocycles. The van der Waals surface area contributed by atoms with Crippen molar-refractivity contribution in [2.75, 3.05) is 6.54 Å². The summed E-state index contributed by atoms with van der Waals surface area (Å²) >= 11 is 0. The van der Waals surface area contributed by atoms with E-state index in [1.165, 1.54) is 24.0 Å². The molecule has 0 spiro atoms. The van der Waals surface area contributed by atoms with Crippen molar-refractivity contribution in [3.05, 3.63) is 35.4 Å². The van der Waals surface area contributed by atoms with Gasteiger partial charge in [-0.2, -0.15) is 0 Å². The molecule has 3 atom stereocenters. The number of aliphatic hydroxyl groups excluding tert-OH is 1. The van der Waals surface area contributed by atoms with Crippen molar-refractivity contribution >= 4 is 0 Å². The Morgan fingerprint density at radius 3 is 2.84 bits per heavy atom. The second kappa shape index (κ2) is 7.06. The van der Waals surface area contributed by atoms with Crippen molar-refractivity contribution in [2.24, 2.45) is 5.92 Å². The predicted octanol–water partition coefficient (Wildman–Crippen LogP) is 3.07. The zero-order valence-corrected chi connectivity index (χ0v) is 12.2. The quantitative estimate of drug-likeness (QED) is 0.854. The minimum atomic E-state index is -0.0628. The van der Waals surface area contributed by atoms with Crippen LogP contribution in [0.4, 0.5) is 0 Å². The first kappa shape index (κ1) is 14.5. The van der Waals surface area contributed by atoms with Crippen LogP contribution in [-0.4, -0.2) is 23.8 Å². The lowest BCUT2D eigenvalue weighted by atomic mass is 9.87. The zero-order valence-electron chi connectivity index (χ0n) is 12.2. The Kier molecular flexibility index (Phi) is 5.41. The average molecular weight is 261 g/mol. The molecular formula is C17H27NO. The Morgan fingerprint density at radius 1 is 1.32 bits per heavy atom. The summed E-state index contributed by atoms with van der Waals surface area (Å²) in [6.07, 6.45) is 5.44. The van der Waals surface area contributed by atoms with Crippen molar-refractivity contribution in [1.29, 1.82) is 0 Å². The van der Waals surface area contributed by atoms with E-state index >= 15 is 0 Å². The zero-order chi connectivity index (χ0) is 13.7. The summed E-state index contributed by atoms with van der Waals surface area (Å²) in [6, 6.07) is 9.12. The Labute approximate surface area is 117 Å². The molecule has 2 rings (SSSR count). The predicted molar refractivity (Wildman–Crippen MR) is 80.3 cm³/mol. The monoisotopic (exact) mass is 261 g/mol. The number of benzene rings is 1. The summed E-state index contributed by atoms with van der Waals surface area (Å²) in [5.74, 6) is 0.656.